The number of aryl methyl sites for hydroxylation is 1. The van der Waals surface area contributed by atoms with E-state index < -0.39 is 0 Å². The number of ketones is 1. The average Bonchev–Trinajstić information content (AvgIpc) is 2.67. The van der Waals surface area contributed by atoms with E-state index in [2.05, 4.69) is 18.3 Å². The quantitative estimate of drug-likeness (QED) is 0.369. The third-order valence-corrected chi connectivity index (χ3v) is 4.44. The second-order valence-corrected chi connectivity index (χ2v) is 9.67. The fourth-order valence-electron chi connectivity index (χ4n) is 3.15. The van der Waals surface area contributed by atoms with Crippen LogP contribution in [0.3, 0.4) is 0 Å². The van der Waals surface area contributed by atoms with Crippen LogP contribution in [0, 0.1) is 0 Å². The van der Waals surface area contributed by atoms with E-state index in [0.717, 1.165) is 35.4 Å². The highest BCUT2D eigenvalue weighted by Crippen LogP contribution is 2.38. The van der Waals surface area contributed by atoms with Gasteiger partial charge in [-0.1, -0.05) is 19.4 Å². The Bertz CT molecular complexity index is 913. The topological polar surface area (TPSA) is 47.6 Å². The number of hydrogen-bond acceptors (Lipinski definition) is 4. The van der Waals surface area contributed by atoms with E-state index in [0.29, 0.717) is 11.3 Å². The minimum absolute atomic E-state index is 0.0630. The van der Waals surface area contributed by atoms with Crippen LogP contribution in [-0.4, -0.2) is 24.0 Å². The molecule has 1 N–H and O–H groups in total. The fraction of sp³-hybridized carbons (Fsp3) is 0.444. The van der Waals surface area contributed by atoms with Crippen molar-refractivity contribution < 1.29 is 14.3 Å². The predicted octanol–water partition coefficient (Wildman–Crippen LogP) is 6.93. The number of anilines is 1. The summed E-state index contributed by atoms with van der Waals surface area (Å²) in [5.74, 6) is 1.43. The number of carbonyl (C=O) groups is 1. The summed E-state index contributed by atoms with van der Waals surface area (Å²) in [6.45, 7) is 14.3. The number of carbonyl (C=O) groups excluding carboxylic acids is 1. The molecule has 0 aromatic heterocycles. The Hall–Kier alpha value is -2.75. The molecule has 0 radical (unpaired) electrons. The van der Waals surface area contributed by atoms with Gasteiger partial charge in [0, 0.05) is 18.3 Å². The van der Waals surface area contributed by atoms with Crippen LogP contribution < -0.4 is 14.8 Å². The standard InChI is InChI=1S/C27H37NO3/c1-9-10-20-13-18-24(30-26(2,3)4)22(25(20)31-27(5,6)7)16-17-23(29)19-11-14-21(28-8)15-12-19/h11-18,28H,9-10H2,1-8H3/b17-16+. The fourth-order valence-corrected chi connectivity index (χ4v) is 3.15. The molecule has 2 aromatic rings. The van der Waals surface area contributed by atoms with Gasteiger partial charge in [0.2, 0.25) is 0 Å². The van der Waals surface area contributed by atoms with E-state index in [1.165, 1.54) is 0 Å². The molecule has 0 aliphatic heterocycles. The van der Waals surface area contributed by atoms with Gasteiger partial charge in [0.25, 0.3) is 0 Å². The third kappa shape index (κ3) is 7.46. The van der Waals surface area contributed by atoms with Crippen molar-refractivity contribution in [2.75, 3.05) is 12.4 Å². The van der Waals surface area contributed by atoms with Crippen molar-refractivity contribution in [3.05, 3.63) is 59.2 Å². The van der Waals surface area contributed by atoms with Crippen molar-refractivity contribution in [3.63, 3.8) is 0 Å². The van der Waals surface area contributed by atoms with Crippen molar-refractivity contribution in [1.29, 1.82) is 0 Å². The van der Waals surface area contributed by atoms with E-state index in [-0.39, 0.29) is 17.0 Å². The number of benzene rings is 2. The lowest BCUT2D eigenvalue weighted by Gasteiger charge is -2.28. The first-order valence-corrected chi connectivity index (χ1v) is 11.0. The van der Waals surface area contributed by atoms with Crippen LogP contribution in [0.4, 0.5) is 5.69 Å². The first kappa shape index (κ1) is 24.5. The van der Waals surface area contributed by atoms with Gasteiger partial charge in [0.1, 0.15) is 22.7 Å². The summed E-state index contributed by atoms with van der Waals surface area (Å²) in [6.07, 6.45) is 5.32. The summed E-state index contributed by atoms with van der Waals surface area (Å²) in [6, 6.07) is 11.5. The summed E-state index contributed by atoms with van der Waals surface area (Å²) in [4.78, 5) is 12.8. The number of rotatable bonds is 8. The van der Waals surface area contributed by atoms with Crippen LogP contribution in [0.5, 0.6) is 11.5 Å². The molecule has 0 saturated heterocycles. The molecule has 0 aliphatic carbocycles. The highest BCUT2D eigenvalue weighted by molar-refractivity contribution is 6.07. The van der Waals surface area contributed by atoms with E-state index in [1.54, 1.807) is 6.08 Å². The molecular formula is C27H37NO3. The van der Waals surface area contributed by atoms with Crippen LogP contribution in [0.15, 0.2) is 42.5 Å². The van der Waals surface area contributed by atoms with Gasteiger partial charge < -0.3 is 14.8 Å². The Morgan fingerprint density at radius 1 is 0.935 bits per heavy atom. The molecule has 4 nitrogen and oxygen atoms in total. The normalized spacial score (nSPS) is 12.1. The van der Waals surface area contributed by atoms with Gasteiger partial charge in [-0.2, -0.15) is 0 Å². The maximum absolute atomic E-state index is 12.8. The van der Waals surface area contributed by atoms with Crippen LogP contribution in [0.1, 0.15) is 76.4 Å². The lowest BCUT2D eigenvalue weighted by atomic mass is 10.0. The van der Waals surface area contributed by atoms with Gasteiger partial charge in [-0.25, -0.2) is 0 Å². The molecule has 0 amide bonds. The first-order valence-electron chi connectivity index (χ1n) is 11.0. The summed E-state index contributed by atoms with van der Waals surface area (Å²) in [7, 11) is 1.85. The van der Waals surface area contributed by atoms with Crippen LogP contribution >= 0.6 is 0 Å². The zero-order valence-corrected chi connectivity index (χ0v) is 20.3. The maximum atomic E-state index is 12.8. The van der Waals surface area contributed by atoms with Crippen molar-refractivity contribution in [2.24, 2.45) is 0 Å². The number of allylic oxidation sites excluding steroid dienone is 1. The van der Waals surface area contributed by atoms with Gasteiger partial charge in [-0.05, 0) is 96.0 Å². The molecule has 0 bridgehead atoms. The maximum Gasteiger partial charge on any atom is 0.185 e. The molecule has 0 unspecified atom stereocenters. The zero-order chi connectivity index (χ0) is 23.2. The Labute approximate surface area is 187 Å². The molecule has 0 aliphatic rings. The summed E-state index contributed by atoms with van der Waals surface area (Å²) >= 11 is 0. The molecule has 2 rings (SSSR count). The monoisotopic (exact) mass is 423 g/mol. The van der Waals surface area contributed by atoms with Crippen molar-refractivity contribution in [3.8, 4) is 11.5 Å². The summed E-state index contributed by atoms with van der Waals surface area (Å²) < 4.78 is 12.6. The molecular weight excluding hydrogens is 386 g/mol. The zero-order valence-electron chi connectivity index (χ0n) is 20.3. The van der Waals surface area contributed by atoms with Crippen molar-refractivity contribution in [1.82, 2.24) is 0 Å². The molecule has 0 atom stereocenters. The Kier molecular flexibility index (Phi) is 7.94. The SMILES string of the molecule is CCCc1ccc(OC(C)(C)C)c(/C=C/C(=O)c2ccc(NC)cc2)c1OC(C)(C)C. The minimum atomic E-state index is -0.377. The van der Waals surface area contributed by atoms with Gasteiger partial charge in [-0.15, -0.1) is 0 Å². The average molecular weight is 424 g/mol. The Morgan fingerprint density at radius 2 is 1.55 bits per heavy atom. The molecule has 2 aromatic carbocycles. The molecule has 0 fully saturated rings. The second-order valence-electron chi connectivity index (χ2n) is 9.67. The lowest BCUT2D eigenvalue weighted by molar-refractivity contribution is 0.104. The van der Waals surface area contributed by atoms with Crippen molar-refractivity contribution >= 4 is 17.5 Å². The highest BCUT2D eigenvalue weighted by atomic mass is 16.5. The first-order chi connectivity index (χ1) is 14.4. The van der Waals surface area contributed by atoms with Gasteiger partial charge in [0.05, 0.1) is 5.56 Å². The van der Waals surface area contributed by atoms with Crippen LogP contribution in [0.2, 0.25) is 0 Å². The lowest BCUT2D eigenvalue weighted by Crippen LogP contribution is -2.26. The smallest absolute Gasteiger partial charge is 0.185 e. The molecule has 168 valence electrons. The molecule has 31 heavy (non-hydrogen) atoms. The van der Waals surface area contributed by atoms with Crippen molar-refractivity contribution in [2.45, 2.75) is 72.5 Å². The minimum Gasteiger partial charge on any atom is -0.487 e. The van der Waals surface area contributed by atoms with Crippen LogP contribution in [0.25, 0.3) is 6.08 Å². The predicted molar refractivity (Wildman–Crippen MR) is 131 cm³/mol. The Balaban J connectivity index is 2.54. The van der Waals surface area contributed by atoms with Crippen LogP contribution in [-0.2, 0) is 6.42 Å². The van der Waals surface area contributed by atoms with Gasteiger partial charge >= 0.3 is 0 Å². The number of hydrogen-bond donors (Lipinski definition) is 1. The summed E-state index contributed by atoms with van der Waals surface area (Å²) in [5, 5.41) is 3.07. The number of ether oxygens (including phenoxy) is 2. The molecule has 0 saturated carbocycles. The largest absolute Gasteiger partial charge is 0.487 e. The second kappa shape index (κ2) is 10.0. The highest BCUT2D eigenvalue weighted by Gasteiger charge is 2.22. The van der Waals surface area contributed by atoms with Gasteiger partial charge in [-0.3, -0.25) is 4.79 Å². The third-order valence-electron chi connectivity index (χ3n) is 4.44. The molecule has 0 spiro atoms. The number of nitrogens with one attached hydrogen (secondary N) is 1. The van der Waals surface area contributed by atoms with E-state index in [4.69, 9.17) is 9.47 Å². The van der Waals surface area contributed by atoms with Gasteiger partial charge in [0.15, 0.2) is 5.78 Å². The van der Waals surface area contributed by atoms with E-state index >= 15 is 0 Å². The molecule has 4 heteroatoms. The summed E-state index contributed by atoms with van der Waals surface area (Å²) in [5.41, 5.74) is 2.77. The van der Waals surface area contributed by atoms with E-state index in [1.807, 2.05) is 85.0 Å². The van der Waals surface area contributed by atoms with E-state index in [9.17, 15) is 4.79 Å². The molecule has 0 heterocycles. The Morgan fingerprint density at radius 3 is 2.06 bits per heavy atom.